The molecule has 1 heterocycles. The predicted octanol–water partition coefficient (Wildman–Crippen LogP) is 2.65. The Bertz CT molecular complexity index is 581. The van der Waals surface area contributed by atoms with Crippen molar-refractivity contribution in [2.75, 3.05) is 0 Å². The van der Waals surface area contributed by atoms with Gasteiger partial charge in [0.2, 0.25) is 4.34 Å². The van der Waals surface area contributed by atoms with Crippen molar-refractivity contribution < 1.29 is 13.5 Å². The minimum absolute atomic E-state index is 0.0134. The Kier molecular flexibility index (Phi) is 4.59. The number of rotatable bonds is 4. The van der Waals surface area contributed by atoms with Crippen molar-refractivity contribution in [1.82, 2.24) is 9.37 Å². The summed E-state index contributed by atoms with van der Waals surface area (Å²) in [5, 5.41) is 11.4. The van der Waals surface area contributed by atoms with Gasteiger partial charge < -0.3 is 5.11 Å². The van der Waals surface area contributed by atoms with Crippen LogP contribution in [0.5, 0.6) is 0 Å². The number of aliphatic hydroxyl groups is 1. The van der Waals surface area contributed by atoms with Crippen LogP contribution in [0.4, 0.5) is 0 Å². The maximum atomic E-state index is 12.4. The average Bonchev–Trinajstić information content (AvgIpc) is 2.61. The Balaban J connectivity index is 3.10. The van der Waals surface area contributed by atoms with E-state index in [0.717, 1.165) is 11.3 Å². The molecule has 0 aliphatic carbocycles. The first-order chi connectivity index (χ1) is 8.67. The number of hydrogen-bond acceptors (Lipinski definition) is 5. The van der Waals surface area contributed by atoms with Gasteiger partial charge in [-0.2, -0.15) is 0 Å². The topological polar surface area (TPSA) is 79.3 Å². The molecule has 1 rings (SSSR count). The summed E-state index contributed by atoms with van der Waals surface area (Å²) in [6.45, 7) is 13.2. The molecule has 0 fully saturated rings. The summed E-state index contributed by atoms with van der Waals surface area (Å²) in [7, 11) is -5.83. The smallest absolute Gasteiger partial charge is 0.261 e. The van der Waals surface area contributed by atoms with E-state index in [9.17, 15) is 13.5 Å². The third-order valence-electron chi connectivity index (χ3n) is 3.60. The average molecular weight is 337 g/mol. The van der Waals surface area contributed by atoms with Gasteiger partial charge in [-0.3, -0.25) is 0 Å². The van der Waals surface area contributed by atoms with Gasteiger partial charge >= 0.3 is 0 Å². The molecule has 8 heteroatoms. The third kappa shape index (κ3) is 3.88. The molecule has 0 atom stereocenters. The van der Waals surface area contributed by atoms with Gasteiger partial charge in [-0.15, -0.1) is 11.3 Å². The largest absolute Gasteiger partial charge is 0.384 e. The zero-order valence-electron chi connectivity index (χ0n) is 13.1. The van der Waals surface area contributed by atoms with Crippen molar-refractivity contribution in [3.05, 3.63) is 11.1 Å². The van der Waals surface area contributed by atoms with Crippen LogP contribution in [-0.2, 0) is 15.6 Å². The van der Waals surface area contributed by atoms with Crippen LogP contribution in [0.25, 0.3) is 0 Å². The van der Waals surface area contributed by atoms with Gasteiger partial charge in [0, 0.05) is 5.38 Å². The maximum absolute atomic E-state index is 12.4. The lowest BCUT2D eigenvalue weighted by Gasteiger charge is -2.36. The van der Waals surface area contributed by atoms with Crippen LogP contribution < -0.4 is 4.39 Å². The molecule has 0 aliphatic heterocycles. The van der Waals surface area contributed by atoms with E-state index in [1.54, 1.807) is 19.2 Å². The lowest BCUT2D eigenvalue weighted by molar-refractivity contribution is 0.0741. The standard InChI is InChI=1S/C12H24N2O3S2Si/c1-11(2,3)20(6,7)14-19(16,17)10-13-9(8-18-10)12(4,5)15/h8,14-15H,1-7H3. The fourth-order valence-corrected chi connectivity index (χ4v) is 7.40. The highest BCUT2D eigenvalue weighted by molar-refractivity contribution is 7.92. The predicted molar refractivity (Wildman–Crippen MR) is 84.9 cm³/mol. The molecule has 116 valence electrons. The molecule has 0 aromatic carbocycles. The Hall–Kier alpha value is -0.283. The summed E-state index contributed by atoms with van der Waals surface area (Å²) in [6, 6.07) is 0. The first-order valence-electron chi connectivity index (χ1n) is 6.39. The molecule has 2 N–H and O–H groups in total. The fraction of sp³-hybridized carbons (Fsp3) is 0.750. The highest BCUT2D eigenvalue weighted by atomic mass is 32.2. The SMILES string of the molecule is CC(C)(O)c1csc(S(=O)(=O)N[Si](C)(C)C(C)(C)C)n1. The molecule has 0 spiro atoms. The summed E-state index contributed by atoms with van der Waals surface area (Å²) in [5.74, 6) is 0. The van der Waals surface area contributed by atoms with Crippen molar-refractivity contribution in [3.8, 4) is 0 Å². The zero-order valence-corrected chi connectivity index (χ0v) is 15.7. The Morgan fingerprint density at radius 3 is 2.10 bits per heavy atom. The Morgan fingerprint density at radius 2 is 1.75 bits per heavy atom. The molecule has 0 saturated heterocycles. The lowest BCUT2D eigenvalue weighted by Crippen LogP contribution is -2.54. The summed E-state index contributed by atoms with van der Waals surface area (Å²) in [5.41, 5.74) is -0.764. The van der Waals surface area contributed by atoms with Crippen LogP contribution in [0.15, 0.2) is 9.72 Å². The van der Waals surface area contributed by atoms with Gasteiger partial charge in [0.15, 0.2) is 0 Å². The number of aromatic nitrogens is 1. The minimum atomic E-state index is -3.63. The van der Waals surface area contributed by atoms with Crippen LogP contribution in [-0.4, -0.2) is 26.7 Å². The number of sulfonamides is 1. The monoisotopic (exact) mass is 336 g/mol. The van der Waals surface area contributed by atoms with E-state index in [1.165, 1.54) is 0 Å². The van der Waals surface area contributed by atoms with Gasteiger partial charge in [-0.25, -0.2) is 17.8 Å². The molecular weight excluding hydrogens is 312 g/mol. The molecule has 0 saturated carbocycles. The number of nitrogens with zero attached hydrogens (tertiary/aromatic N) is 1. The van der Waals surface area contributed by atoms with Crippen LogP contribution in [0, 0.1) is 0 Å². The second-order valence-electron chi connectivity index (χ2n) is 7.04. The highest BCUT2D eigenvalue weighted by Gasteiger charge is 2.40. The summed E-state index contributed by atoms with van der Waals surface area (Å²) in [4.78, 5) is 4.06. The fourth-order valence-electron chi connectivity index (χ4n) is 1.19. The van der Waals surface area contributed by atoms with E-state index in [2.05, 4.69) is 9.37 Å². The van der Waals surface area contributed by atoms with E-state index in [4.69, 9.17) is 0 Å². The minimum Gasteiger partial charge on any atom is -0.384 e. The molecule has 5 nitrogen and oxygen atoms in total. The number of hydrogen-bond donors (Lipinski definition) is 2. The lowest BCUT2D eigenvalue weighted by atomic mass is 10.1. The molecular formula is C12H24N2O3S2Si. The molecule has 0 radical (unpaired) electrons. The second kappa shape index (κ2) is 5.17. The van der Waals surface area contributed by atoms with Gasteiger partial charge in [-0.1, -0.05) is 33.9 Å². The van der Waals surface area contributed by atoms with Crippen molar-refractivity contribution in [3.63, 3.8) is 0 Å². The molecule has 0 unspecified atom stereocenters. The van der Waals surface area contributed by atoms with Crippen LogP contribution >= 0.6 is 11.3 Å². The van der Waals surface area contributed by atoms with Crippen LogP contribution in [0.3, 0.4) is 0 Å². The zero-order chi connectivity index (χ0) is 16.0. The van der Waals surface area contributed by atoms with Crippen molar-refractivity contribution in [1.29, 1.82) is 0 Å². The molecule has 1 aromatic rings. The maximum Gasteiger partial charge on any atom is 0.261 e. The number of thiazole rings is 1. The van der Waals surface area contributed by atoms with Crippen molar-refractivity contribution >= 4 is 29.6 Å². The van der Waals surface area contributed by atoms with E-state index < -0.39 is 23.9 Å². The van der Waals surface area contributed by atoms with Gasteiger partial charge in [0.25, 0.3) is 10.0 Å². The first-order valence-corrected chi connectivity index (χ1v) is 11.8. The Morgan fingerprint density at radius 1 is 1.25 bits per heavy atom. The normalized spacial score (nSPS) is 14.6. The second-order valence-corrected chi connectivity index (χ2v) is 15.1. The summed E-state index contributed by atoms with van der Waals surface area (Å²) < 4.78 is 27.7. The van der Waals surface area contributed by atoms with E-state index in [1.807, 2.05) is 33.9 Å². The summed E-state index contributed by atoms with van der Waals surface area (Å²) >= 11 is 1.04. The van der Waals surface area contributed by atoms with Crippen molar-refractivity contribution in [2.24, 2.45) is 0 Å². The third-order valence-corrected chi connectivity index (χ3v) is 12.6. The van der Waals surface area contributed by atoms with Gasteiger partial charge in [0.1, 0.15) is 13.8 Å². The van der Waals surface area contributed by atoms with Gasteiger partial charge in [0.05, 0.1) is 5.69 Å². The van der Waals surface area contributed by atoms with E-state index in [0.29, 0.717) is 5.69 Å². The van der Waals surface area contributed by atoms with Gasteiger partial charge in [-0.05, 0) is 18.9 Å². The van der Waals surface area contributed by atoms with Crippen molar-refractivity contribution in [2.45, 2.75) is 62.7 Å². The molecule has 1 aromatic heterocycles. The highest BCUT2D eigenvalue weighted by Crippen LogP contribution is 2.35. The van der Waals surface area contributed by atoms with E-state index >= 15 is 0 Å². The Labute approximate surface area is 126 Å². The molecule has 0 aliphatic rings. The molecule has 0 amide bonds. The van der Waals surface area contributed by atoms with E-state index in [-0.39, 0.29) is 9.38 Å². The first kappa shape index (κ1) is 17.8. The molecule has 20 heavy (non-hydrogen) atoms. The molecule has 0 bridgehead atoms. The summed E-state index contributed by atoms with van der Waals surface area (Å²) in [6.07, 6.45) is 0. The quantitative estimate of drug-likeness (QED) is 0.829. The number of nitrogens with one attached hydrogen (secondary N) is 1. The van der Waals surface area contributed by atoms with Crippen LogP contribution in [0.1, 0.15) is 40.3 Å². The van der Waals surface area contributed by atoms with Crippen LogP contribution in [0.2, 0.25) is 18.1 Å².